The largest absolute Gasteiger partial charge is 0.451 e. The number of hydrogen-bond donors (Lipinski definition) is 2. The van der Waals surface area contributed by atoms with Crippen LogP contribution in [0.25, 0.3) is 0 Å². The number of nitrogens with zero attached hydrogens (tertiary/aromatic N) is 1. The molecule has 1 unspecified atom stereocenters. The Morgan fingerprint density at radius 2 is 2.40 bits per heavy atom. The number of oxazole rings is 1. The lowest BCUT2D eigenvalue weighted by Gasteiger charge is -2.05. The number of carbonyl (C=O) groups excluding carboxylic acids is 2. The molecular weight excluding hydrogens is 222 g/mol. The van der Waals surface area contributed by atoms with Crippen molar-refractivity contribution in [3.05, 3.63) is 18.4 Å². The predicted octanol–water partition coefficient (Wildman–Crippen LogP) is 0.628. The SMILES string of the molecule is CC(Cl)C(=O)NC(=O)NCc1cocn1. The van der Waals surface area contributed by atoms with Crippen LogP contribution >= 0.6 is 11.6 Å². The van der Waals surface area contributed by atoms with Crippen LogP contribution in [-0.4, -0.2) is 22.3 Å². The van der Waals surface area contributed by atoms with Crippen LogP contribution in [0.1, 0.15) is 12.6 Å². The molecule has 1 aromatic heterocycles. The molecule has 1 aromatic rings. The van der Waals surface area contributed by atoms with Gasteiger partial charge < -0.3 is 9.73 Å². The van der Waals surface area contributed by atoms with Gasteiger partial charge in [0.15, 0.2) is 6.39 Å². The van der Waals surface area contributed by atoms with Crippen molar-refractivity contribution in [2.45, 2.75) is 18.8 Å². The van der Waals surface area contributed by atoms with Crippen molar-refractivity contribution in [2.75, 3.05) is 0 Å². The first kappa shape index (κ1) is 11.5. The zero-order valence-electron chi connectivity index (χ0n) is 7.99. The second kappa shape index (κ2) is 5.35. The molecule has 0 aliphatic rings. The summed E-state index contributed by atoms with van der Waals surface area (Å²) in [6.07, 6.45) is 2.65. The molecular formula is C8H10ClN3O3. The van der Waals surface area contributed by atoms with Crippen molar-refractivity contribution in [3.8, 4) is 0 Å². The van der Waals surface area contributed by atoms with Crippen LogP contribution in [0.5, 0.6) is 0 Å². The summed E-state index contributed by atoms with van der Waals surface area (Å²) in [7, 11) is 0. The van der Waals surface area contributed by atoms with E-state index in [4.69, 9.17) is 16.0 Å². The van der Waals surface area contributed by atoms with Gasteiger partial charge in [0.1, 0.15) is 11.6 Å². The number of imide groups is 1. The standard InChI is InChI=1S/C8H10ClN3O3/c1-5(9)7(13)12-8(14)10-2-6-3-15-4-11-6/h3-5H,2H2,1H3,(H2,10,12,13,14). The predicted molar refractivity (Wildman–Crippen MR) is 52.2 cm³/mol. The number of rotatable bonds is 3. The molecule has 1 atom stereocenters. The highest BCUT2D eigenvalue weighted by Crippen LogP contribution is 1.94. The molecule has 82 valence electrons. The molecule has 0 bridgehead atoms. The molecule has 1 heterocycles. The molecule has 0 spiro atoms. The van der Waals surface area contributed by atoms with Crippen LogP contribution in [0, 0.1) is 0 Å². The van der Waals surface area contributed by atoms with Crippen molar-refractivity contribution in [1.82, 2.24) is 15.6 Å². The number of amides is 3. The maximum Gasteiger partial charge on any atom is 0.321 e. The van der Waals surface area contributed by atoms with E-state index < -0.39 is 17.3 Å². The Labute approximate surface area is 91.0 Å². The number of urea groups is 1. The van der Waals surface area contributed by atoms with E-state index in [1.807, 2.05) is 0 Å². The quantitative estimate of drug-likeness (QED) is 0.748. The minimum Gasteiger partial charge on any atom is -0.451 e. The van der Waals surface area contributed by atoms with Crippen LogP contribution in [0.3, 0.4) is 0 Å². The monoisotopic (exact) mass is 231 g/mol. The number of aromatic nitrogens is 1. The number of carbonyl (C=O) groups is 2. The average Bonchev–Trinajstić information content (AvgIpc) is 2.66. The van der Waals surface area contributed by atoms with Crippen LogP contribution in [0.15, 0.2) is 17.1 Å². The van der Waals surface area contributed by atoms with Gasteiger partial charge in [-0.15, -0.1) is 11.6 Å². The van der Waals surface area contributed by atoms with E-state index in [1.54, 1.807) is 0 Å². The van der Waals surface area contributed by atoms with Crippen molar-refractivity contribution in [1.29, 1.82) is 0 Å². The first-order valence-electron chi connectivity index (χ1n) is 4.19. The summed E-state index contributed by atoms with van der Waals surface area (Å²) in [4.78, 5) is 25.9. The minimum atomic E-state index is -0.747. The molecule has 3 amide bonds. The van der Waals surface area contributed by atoms with Crippen LogP contribution in [-0.2, 0) is 11.3 Å². The summed E-state index contributed by atoms with van der Waals surface area (Å²) in [6.45, 7) is 1.66. The van der Waals surface area contributed by atoms with Gasteiger partial charge in [-0.05, 0) is 6.92 Å². The Hall–Kier alpha value is -1.56. The van der Waals surface area contributed by atoms with Gasteiger partial charge in [0, 0.05) is 0 Å². The van der Waals surface area contributed by atoms with Gasteiger partial charge in [-0.2, -0.15) is 0 Å². The Morgan fingerprint density at radius 3 is 2.93 bits per heavy atom. The lowest BCUT2D eigenvalue weighted by Crippen LogP contribution is -2.41. The van der Waals surface area contributed by atoms with Gasteiger partial charge in [0.2, 0.25) is 5.91 Å². The zero-order valence-corrected chi connectivity index (χ0v) is 8.75. The maximum atomic E-state index is 11.1. The Balaban J connectivity index is 2.28. The van der Waals surface area contributed by atoms with E-state index in [1.165, 1.54) is 19.6 Å². The minimum absolute atomic E-state index is 0.187. The number of halogens is 1. The summed E-state index contributed by atoms with van der Waals surface area (Å²) in [5, 5.41) is 3.73. The zero-order chi connectivity index (χ0) is 11.3. The summed E-state index contributed by atoms with van der Waals surface area (Å²) in [5.41, 5.74) is 0.566. The van der Waals surface area contributed by atoms with Crippen LogP contribution in [0.4, 0.5) is 4.79 Å². The number of hydrogen-bond acceptors (Lipinski definition) is 4. The molecule has 0 aromatic carbocycles. The summed E-state index contributed by atoms with van der Waals surface area (Å²) in [5.74, 6) is -0.547. The fourth-order valence-corrected chi connectivity index (χ4v) is 0.806. The molecule has 2 N–H and O–H groups in total. The second-order valence-electron chi connectivity index (χ2n) is 2.77. The molecule has 7 heteroatoms. The fraction of sp³-hybridized carbons (Fsp3) is 0.375. The Kier molecular flexibility index (Phi) is 4.11. The molecule has 0 aliphatic carbocycles. The van der Waals surface area contributed by atoms with E-state index >= 15 is 0 Å². The van der Waals surface area contributed by atoms with Gasteiger partial charge in [-0.3, -0.25) is 10.1 Å². The van der Waals surface area contributed by atoms with Crippen molar-refractivity contribution < 1.29 is 14.0 Å². The first-order valence-corrected chi connectivity index (χ1v) is 4.63. The molecule has 1 rings (SSSR count). The van der Waals surface area contributed by atoms with Crippen LogP contribution < -0.4 is 10.6 Å². The van der Waals surface area contributed by atoms with Gasteiger partial charge in [0.05, 0.1) is 12.2 Å². The van der Waals surface area contributed by atoms with E-state index in [-0.39, 0.29) is 6.54 Å². The fourth-order valence-electron chi connectivity index (χ4n) is 0.751. The Bertz CT molecular complexity index is 337. The van der Waals surface area contributed by atoms with Crippen molar-refractivity contribution in [3.63, 3.8) is 0 Å². The summed E-state index contributed by atoms with van der Waals surface area (Å²) in [6, 6.07) is -0.615. The topological polar surface area (TPSA) is 84.2 Å². The third kappa shape index (κ3) is 3.99. The Morgan fingerprint density at radius 1 is 1.67 bits per heavy atom. The normalized spacial score (nSPS) is 11.9. The maximum absolute atomic E-state index is 11.1. The molecule has 0 saturated heterocycles. The summed E-state index contributed by atoms with van der Waals surface area (Å²) < 4.78 is 4.70. The van der Waals surface area contributed by atoms with Gasteiger partial charge in [-0.1, -0.05) is 0 Å². The molecule has 15 heavy (non-hydrogen) atoms. The van der Waals surface area contributed by atoms with Crippen molar-refractivity contribution in [2.24, 2.45) is 0 Å². The van der Waals surface area contributed by atoms with Gasteiger partial charge in [0.25, 0.3) is 0 Å². The van der Waals surface area contributed by atoms with E-state index in [2.05, 4.69) is 15.6 Å². The smallest absolute Gasteiger partial charge is 0.321 e. The van der Waals surface area contributed by atoms with E-state index in [9.17, 15) is 9.59 Å². The van der Waals surface area contributed by atoms with Gasteiger partial charge >= 0.3 is 6.03 Å². The van der Waals surface area contributed by atoms with E-state index in [0.29, 0.717) is 5.69 Å². The van der Waals surface area contributed by atoms with Crippen molar-refractivity contribution >= 4 is 23.5 Å². The second-order valence-corrected chi connectivity index (χ2v) is 3.42. The molecule has 0 saturated carbocycles. The van der Waals surface area contributed by atoms with E-state index in [0.717, 1.165) is 0 Å². The molecule has 0 radical (unpaired) electrons. The first-order chi connectivity index (χ1) is 7.09. The summed E-state index contributed by atoms with van der Waals surface area (Å²) >= 11 is 5.45. The third-order valence-corrected chi connectivity index (χ3v) is 1.71. The lowest BCUT2D eigenvalue weighted by atomic mass is 10.4. The highest BCUT2D eigenvalue weighted by Gasteiger charge is 2.12. The average molecular weight is 232 g/mol. The molecule has 0 fully saturated rings. The third-order valence-electron chi connectivity index (χ3n) is 1.51. The van der Waals surface area contributed by atoms with Gasteiger partial charge in [-0.25, -0.2) is 9.78 Å². The highest BCUT2D eigenvalue weighted by atomic mass is 35.5. The number of nitrogens with one attached hydrogen (secondary N) is 2. The molecule has 0 aliphatic heterocycles. The number of alkyl halides is 1. The molecule has 6 nitrogen and oxygen atoms in total. The lowest BCUT2D eigenvalue weighted by molar-refractivity contribution is -0.119. The van der Waals surface area contributed by atoms with Crippen LogP contribution in [0.2, 0.25) is 0 Å². The highest BCUT2D eigenvalue weighted by molar-refractivity contribution is 6.31.